The van der Waals surface area contributed by atoms with Crippen molar-refractivity contribution >= 4 is 35.0 Å². The number of carbonyl (C=O) groups is 1. The van der Waals surface area contributed by atoms with Crippen molar-refractivity contribution in [3.63, 3.8) is 0 Å². The van der Waals surface area contributed by atoms with E-state index in [0.29, 0.717) is 27.3 Å². The van der Waals surface area contributed by atoms with Gasteiger partial charge in [0.1, 0.15) is 5.82 Å². The van der Waals surface area contributed by atoms with Gasteiger partial charge in [0.25, 0.3) is 0 Å². The predicted octanol–water partition coefficient (Wildman–Crippen LogP) is 4.01. The number of carbonyl (C=O) groups excluding carboxylic acids is 1. The second-order valence-electron chi connectivity index (χ2n) is 5.19. The van der Waals surface area contributed by atoms with Gasteiger partial charge in [0, 0.05) is 17.8 Å². The van der Waals surface area contributed by atoms with Crippen LogP contribution in [0.1, 0.15) is 0 Å². The average Bonchev–Trinajstić information content (AvgIpc) is 2.96. The van der Waals surface area contributed by atoms with Crippen molar-refractivity contribution in [1.82, 2.24) is 14.8 Å². The van der Waals surface area contributed by atoms with Gasteiger partial charge in [-0.05, 0) is 36.4 Å². The highest BCUT2D eigenvalue weighted by Gasteiger charge is 2.15. The zero-order valence-corrected chi connectivity index (χ0v) is 14.8. The van der Waals surface area contributed by atoms with Crippen LogP contribution in [0.25, 0.3) is 11.4 Å². The van der Waals surface area contributed by atoms with Crippen molar-refractivity contribution in [3.8, 4) is 11.4 Å². The lowest BCUT2D eigenvalue weighted by molar-refractivity contribution is -0.113. The molecule has 0 aliphatic rings. The molecule has 3 aromatic rings. The first-order valence-corrected chi connectivity index (χ1v) is 8.73. The van der Waals surface area contributed by atoms with E-state index in [1.165, 1.54) is 17.8 Å². The minimum Gasteiger partial charge on any atom is -0.325 e. The van der Waals surface area contributed by atoms with Crippen molar-refractivity contribution in [2.75, 3.05) is 11.1 Å². The maximum absolute atomic E-state index is 13.9. The fourth-order valence-corrected chi connectivity index (χ4v) is 3.02. The molecule has 1 amide bonds. The molecule has 0 radical (unpaired) electrons. The van der Waals surface area contributed by atoms with Crippen LogP contribution in [-0.4, -0.2) is 26.4 Å². The third-order valence-corrected chi connectivity index (χ3v) is 4.68. The Morgan fingerprint density at radius 2 is 1.92 bits per heavy atom. The van der Waals surface area contributed by atoms with Gasteiger partial charge in [0.05, 0.1) is 11.3 Å². The van der Waals surface area contributed by atoms with E-state index in [1.54, 1.807) is 54.1 Å². The third kappa shape index (κ3) is 4.18. The fraction of sp³-hybridized carbons (Fsp3) is 0.118. The maximum Gasteiger partial charge on any atom is 0.234 e. The summed E-state index contributed by atoms with van der Waals surface area (Å²) >= 11 is 7.04. The monoisotopic (exact) mass is 376 g/mol. The van der Waals surface area contributed by atoms with E-state index in [1.807, 2.05) is 0 Å². The summed E-state index contributed by atoms with van der Waals surface area (Å²) < 4.78 is 15.6. The van der Waals surface area contributed by atoms with Crippen LogP contribution in [0.2, 0.25) is 5.02 Å². The Morgan fingerprint density at radius 1 is 1.20 bits per heavy atom. The lowest BCUT2D eigenvalue weighted by atomic mass is 10.2. The molecule has 5 nitrogen and oxygen atoms in total. The SMILES string of the molecule is Cn1c(SCC(=O)Nc2ccc(Cl)cc2)nnc1-c1ccccc1F. The van der Waals surface area contributed by atoms with E-state index in [-0.39, 0.29) is 17.5 Å². The van der Waals surface area contributed by atoms with Gasteiger partial charge in [-0.25, -0.2) is 4.39 Å². The summed E-state index contributed by atoms with van der Waals surface area (Å²) in [6, 6.07) is 13.2. The first kappa shape index (κ1) is 17.4. The van der Waals surface area contributed by atoms with Gasteiger partial charge in [-0.3, -0.25) is 4.79 Å². The second-order valence-corrected chi connectivity index (χ2v) is 6.57. The fourth-order valence-electron chi connectivity index (χ4n) is 2.18. The highest BCUT2D eigenvalue weighted by Crippen LogP contribution is 2.24. The van der Waals surface area contributed by atoms with Crippen LogP contribution >= 0.6 is 23.4 Å². The molecule has 25 heavy (non-hydrogen) atoms. The Balaban J connectivity index is 1.65. The number of rotatable bonds is 5. The number of thioether (sulfide) groups is 1. The predicted molar refractivity (Wildman–Crippen MR) is 97.2 cm³/mol. The lowest BCUT2D eigenvalue weighted by Crippen LogP contribution is -2.14. The van der Waals surface area contributed by atoms with E-state index < -0.39 is 0 Å². The highest BCUT2D eigenvalue weighted by molar-refractivity contribution is 7.99. The van der Waals surface area contributed by atoms with Crippen LogP contribution < -0.4 is 5.32 Å². The van der Waals surface area contributed by atoms with Crippen molar-refractivity contribution in [2.45, 2.75) is 5.16 Å². The highest BCUT2D eigenvalue weighted by atomic mass is 35.5. The van der Waals surface area contributed by atoms with Gasteiger partial charge in [-0.15, -0.1) is 10.2 Å². The molecule has 0 fully saturated rings. The van der Waals surface area contributed by atoms with E-state index in [9.17, 15) is 9.18 Å². The van der Waals surface area contributed by atoms with Gasteiger partial charge >= 0.3 is 0 Å². The van der Waals surface area contributed by atoms with Crippen LogP contribution in [0, 0.1) is 5.82 Å². The molecule has 128 valence electrons. The summed E-state index contributed by atoms with van der Waals surface area (Å²) in [5.41, 5.74) is 1.04. The molecule has 1 aromatic heterocycles. The Bertz CT molecular complexity index is 898. The van der Waals surface area contributed by atoms with E-state index in [2.05, 4.69) is 15.5 Å². The molecule has 2 aromatic carbocycles. The second kappa shape index (κ2) is 7.67. The number of benzene rings is 2. The first-order valence-electron chi connectivity index (χ1n) is 7.37. The number of halogens is 2. The Labute approximate surface area is 153 Å². The molecular weight excluding hydrogens is 363 g/mol. The van der Waals surface area contributed by atoms with Crippen LogP contribution in [-0.2, 0) is 11.8 Å². The molecule has 0 spiro atoms. The molecule has 3 rings (SSSR count). The van der Waals surface area contributed by atoms with Crippen molar-refractivity contribution < 1.29 is 9.18 Å². The van der Waals surface area contributed by atoms with Crippen molar-refractivity contribution in [3.05, 3.63) is 59.4 Å². The summed E-state index contributed by atoms with van der Waals surface area (Å²) in [4.78, 5) is 12.0. The third-order valence-electron chi connectivity index (χ3n) is 3.41. The molecule has 0 saturated heterocycles. The molecule has 0 aliphatic heterocycles. The summed E-state index contributed by atoms with van der Waals surface area (Å²) in [5.74, 6) is 0.0304. The molecule has 0 saturated carbocycles. The molecule has 0 aliphatic carbocycles. The largest absolute Gasteiger partial charge is 0.325 e. The topological polar surface area (TPSA) is 59.8 Å². The zero-order chi connectivity index (χ0) is 17.8. The van der Waals surface area contributed by atoms with Crippen LogP contribution in [0.4, 0.5) is 10.1 Å². The summed E-state index contributed by atoms with van der Waals surface area (Å²) in [6.07, 6.45) is 0. The molecule has 1 heterocycles. The number of aromatic nitrogens is 3. The smallest absolute Gasteiger partial charge is 0.234 e. The molecule has 1 N–H and O–H groups in total. The van der Waals surface area contributed by atoms with E-state index >= 15 is 0 Å². The summed E-state index contributed by atoms with van der Waals surface area (Å²) in [6.45, 7) is 0. The summed E-state index contributed by atoms with van der Waals surface area (Å²) in [7, 11) is 1.74. The molecule has 0 atom stereocenters. The number of amides is 1. The van der Waals surface area contributed by atoms with Crippen LogP contribution in [0.15, 0.2) is 53.7 Å². The van der Waals surface area contributed by atoms with E-state index in [4.69, 9.17) is 11.6 Å². The Hall–Kier alpha value is -2.38. The summed E-state index contributed by atoms with van der Waals surface area (Å²) in [5, 5.41) is 12.0. The van der Waals surface area contributed by atoms with Gasteiger partial charge < -0.3 is 9.88 Å². The van der Waals surface area contributed by atoms with Gasteiger partial charge in [-0.1, -0.05) is 35.5 Å². The van der Waals surface area contributed by atoms with Crippen LogP contribution in [0.5, 0.6) is 0 Å². The minimum atomic E-state index is -0.366. The van der Waals surface area contributed by atoms with Crippen molar-refractivity contribution in [1.29, 1.82) is 0 Å². The standard InChI is InChI=1S/C17H14ClFN4OS/c1-23-16(13-4-2-3-5-14(13)19)21-22-17(23)25-10-15(24)20-12-8-6-11(18)7-9-12/h2-9H,10H2,1H3,(H,20,24). The number of hydrogen-bond acceptors (Lipinski definition) is 4. The quantitative estimate of drug-likeness (QED) is 0.683. The zero-order valence-electron chi connectivity index (χ0n) is 13.2. The number of nitrogens with one attached hydrogen (secondary N) is 1. The first-order chi connectivity index (χ1) is 12.0. The van der Waals surface area contributed by atoms with Crippen molar-refractivity contribution in [2.24, 2.45) is 7.05 Å². The number of anilines is 1. The van der Waals surface area contributed by atoms with E-state index in [0.717, 1.165) is 0 Å². The molecule has 0 unspecified atom stereocenters. The average molecular weight is 377 g/mol. The van der Waals surface area contributed by atoms with Gasteiger partial charge in [-0.2, -0.15) is 0 Å². The molecule has 8 heteroatoms. The van der Waals surface area contributed by atoms with Gasteiger partial charge in [0.2, 0.25) is 5.91 Å². The number of hydrogen-bond donors (Lipinski definition) is 1. The van der Waals surface area contributed by atoms with Gasteiger partial charge in [0.15, 0.2) is 11.0 Å². The van der Waals surface area contributed by atoms with Crippen LogP contribution in [0.3, 0.4) is 0 Å². The normalized spacial score (nSPS) is 10.7. The molecular formula is C17H14ClFN4OS. The lowest BCUT2D eigenvalue weighted by Gasteiger charge is -2.06. The number of nitrogens with zero attached hydrogens (tertiary/aromatic N) is 3. The molecule has 0 bridgehead atoms. The minimum absolute atomic E-state index is 0.159. The maximum atomic E-state index is 13.9. The Kier molecular flexibility index (Phi) is 5.35. The Morgan fingerprint density at radius 3 is 2.64 bits per heavy atom.